The highest BCUT2D eigenvalue weighted by atomic mass is 14.0. The molecule has 40 heavy (non-hydrogen) atoms. The van der Waals surface area contributed by atoms with Crippen LogP contribution < -0.4 is 0 Å². The maximum Gasteiger partial charge on any atom is -0.0152 e. The Balaban J connectivity index is 0.000000150. The van der Waals surface area contributed by atoms with E-state index in [9.17, 15) is 0 Å². The van der Waals surface area contributed by atoms with Gasteiger partial charge in [-0.15, -0.1) is 0 Å². The van der Waals surface area contributed by atoms with Crippen molar-refractivity contribution in [1.29, 1.82) is 0 Å². The van der Waals surface area contributed by atoms with Gasteiger partial charge in [-0.25, -0.2) is 0 Å². The fourth-order valence-corrected chi connectivity index (χ4v) is 4.53. The van der Waals surface area contributed by atoms with Crippen molar-refractivity contribution in [3.8, 4) is 0 Å². The number of hydrogen-bond acceptors (Lipinski definition) is 0. The quantitative estimate of drug-likeness (QED) is 0.185. The molecule has 0 bridgehead atoms. The van der Waals surface area contributed by atoms with Gasteiger partial charge in [-0.1, -0.05) is 155 Å². The minimum absolute atomic E-state index is 1.33. The van der Waals surface area contributed by atoms with E-state index in [0.29, 0.717) is 0 Å². The maximum atomic E-state index is 2.22. The largest absolute Gasteiger partial charge is 0.0617 e. The first-order chi connectivity index (χ1) is 19.1. The van der Waals surface area contributed by atoms with Gasteiger partial charge in [0, 0.05) is 0 Å². The third-order valence-electron chi connectivity index (χ3n) is 6.90. The lowest BCUT2D eigenvalue weighted by atomic mass is 10.0. The zero-order chi connectivity index (χ0) is 29.1. The Morgan fingerprint density at radius 2 is 0.625 bits per heavy atom. The van der Waals surface area contributed by atoms with Crippen LogP contribution in [0.4, 0.5) is 0 Å². The fraction of sp³-hybridized carbons (Fsp3) is 0.200. The van der Waals surface area contributed by atoms with E-state index in [4.69, 9.17) is 0 Å². The Labute approximate surface area is 242 Å². The van der Waals surface area contributed by atoms with Gasteiger partial charge < -0.3 is 0 Å². The SMILES string of the molecule is Cc1ccc(C)c2ccccc12.Cc1ccc(C)cc1.Cc1ccc2cc(C)ccc2c1.Cc1cccc(C)c1. The van der Waals surface area contributed by atoms with E-state index in [1.165, 1.54) is 66.1 Å². The molecule has 0 N–H and O–H groups in total. The van der Waals surface area contributed by atoms with Crippen LogP contribution in [-0.4, -0.2) is 0 Å². The molecule has 0 unspecified atom stereocenters. The van der Waals surface area contributed by atoms with Crippen molar-refractivity contribution in [2.24, 2.45) is 0 Å². The smallest absolute Gasteiger partial charge is 0.0152 e. The van der Waals surface area contributed by atoms with Gasteiger partial charge in [-0.2, -0.15) is 0 Å². The lowest BCUT2D eigenvalue weighted by Crippen LogP contribution is -1.80. The summed E-state index contributed by atoms with van der Waals surface area (Å²) in [6.07, 6.45) is 0. The summed E-state index contributed by atoms with van der Waals surface area (Å²) in [7, 11) is 0. The highest BCUT2D eigenvalue weighted by Crippen LogP contribution is 2.21. The second kappa shape index (κ2) is 14.8. The average Bonchev–Trinajstić information content (AvgIpc) is 2.94. The molecule has 6 aromatic rings. The zero-order valence-corrected chi connectivity index (χ0v) is 25.5. The van der Waals surface area contributed by atoms with Crippen LogP contribution in [0.25, 0.3) is 21.5 Å². The van der Waals surface area contributed by atoms with E-state index < -0.39 is 0 Å². The molecule has 0 saturated carbocycles. The molecule has 0 heteroatoms. The first-order valence-corrected chi connectivity index (χ1v) is 14.1. The second-order valence-corrected chi connectivity index (χ2v) is 10.9. The van der Waals surface area contributed by atoms with Gasteiger partial charge in [0.2, 0.25) is 0 Å². The maximum absolute atomic E-state index is 2.22. The summed E-state index contributed by atoms with van der Waals surface area (Å²) in [5.41, 5.74) is 10.7. The van der Waals surface area contributed by atoms with E-state index in [0.717, 1.165) is 0 Å². The van der Waals surface area contributed by atoms with E-state index in [-0.39, 0.29) is 0 Å². The highest BCUT2D eigenvalue weighted by molar-refractivity contribution is 5.88. The van der Waals surface area contributed by atoms with Crippen molar-refractivity contribution in [2.75, 3.05) is 0 Å². The molecule has 0 amide bonds. The van der Waals surface area contributed by atoms with Crippen LogP contribution in [-0.2, 0) is 0 Å². The van der Waals surface area contributed by atoms with E-state index in [1.807, 2.05) is 0 Å². The van der Waals surface area contributed by atoms with Gasteiger partial charge in [0.05, 0.1) is 0 Å². The lowest BCUT2D eigenvalue weighted by molar-refractivity contribution is 1.39. The molecule has 0 spiro atoms. The Morgan fingerprint density at radius 1 is 0.275 bits per heavy atom. The summed E-state index contributed by atoms with van der Waals surface area (Å²) in [5, 5.41) is 5.41. The molecule has 6 aromatic carbocycles. The monoisotopic (exact) mass is 524 g/mol. The first-order valence-electron chi connectivity index (χ1n) is 14.1. The van der Waals surface area contributed by atoms with Gasteiger partial charge in [0.25, 0.3) is 0 Å². The number of fused-ring (bicyclic) bond motifs is 2. The van der Waals surface area contributed by atoms with Gasteiger partial charge in [-0.3, -0.25) is 0 Å². The molecule has 0 atom stereocenters. The molecule has 0 aliphatic heterocycles. The molecule has 0 aliphatic rings. The molecule has 6 rings (SSSR count). The molecular formula is C40H44. The predicted octanol–water partition coefficient (Wildman–Crippen LogP) is 11.5. The van der Waals surface area contributed by atoms with Crippen LogP contribution in [0, 0.1) is 55.4 Å². The summed E-state index contributed by atoms with van der Waals surface area (Å²) in [4.78, 5) is 0. The minimum Gasteiger partial charge on any atom is -0.0617 e. The van der Waals surface area contributed by atoms with Crippen molar-refractivity contribution >= 4 is 21.5 Å². The molecule has 204 valence electrons. The van der Waals surface area contributed by atoms with Crippen LogP contribution in [0.5, 0.6) is 0 Å². The molecule has 0 radical (unpaired) electrons. The molecule has 0 heterocycles. The Kier molecular flexibility index (Phi) is 11.3. The Morgan fingerprint density at radius 3 is 0.975 bits per heavy atom. The predicted molar refractivity (Wildman–Crippen MR) is 179 cm³/mol. The molecular weight excluding hydrogens is 480 g/mol. The van der Waals surface area contributed by atoms with Crippen molar-refractivity contribution in [1.82, 2.24) is 0 Å². The summed E-state index contributed by atoms with van der Waals surface area (Å²) >= 11 is 0. The summed E-state index contributed by atoms with van der Waals surface area (Å²) in [5.74, 6) is 0. The lowest BCUT2D eigenvalue weighted by Gasteiger charge is -2.03. The average molecular weight is 525 g/mol. The zero-order valence-electron chi connectivity index (χ0n) is 25.5. The van der Waals surface area contributed by atoms with Gasteiger partial charge in [-0.05, 0) is 88.1 Å². The van der Waals surface area contributed by atoms with Crippen molar-refractivity contribution in [3.63, 3.8) is 0 Å². The number of rotatable bonds is 0. The normalized spacial score (nSPS) is 10.0. The first kappa shape index (κ1) is 30.4. The van der Waals surface area contributed by atoms with Gasteiger partial charge in [0.1, 0.15) is 0 Å². The third kappa shape index (κ3) is 9.54. The molecule has 0 fully saturated rings. The fourth-order valence-electron chi connectivity index (χ4n) is 4.53. The van der Waals surface area contributed by atoms with Crippen LogP contribution in [0.2, 0.25) is 0 Å². The molecule has 0 saturated heterocycles. The summed E-state index contributed by atoms with van der Waals surface area (Å²) in [6, 6.07) is 42.9. The summed E-state index contributed by atoms with van der Waals surface area (Å²) in [6.45, 7) is 17.0. The minimum atomic E-state index is 1.33. The number of hydrogen-bond donors (Lipinski definition) is 0. The second-order valence-electron chi connectivity index (χ2n) is 10.9. The molecule has 0 aliphatic carbocycles. The number of aryl methyl sites for hydroxylation is 8. The Hall–Kier alpha value is -4.16. The number of benzene rings is 6. The van der Waals surface area contributed by atoms with Gasteiger partial charge in [0.15, 0.2) is 0 Å². The van der Waals surface area contributed by atoms with Crippen LogP contribution in [0.1, 0.15) is 44.5 Å². The Bertz CT molecular complexity index is 1530. The standard InChI is InChI=1S/2C12H12.2C8H10/c1-9-3-5-12-8-10(2)4-6-11(12)7-9;1-9-7-8-10(2)12-6-4-3-5-11(9)12;1-7-3-5-8(2)6-4-7;1-7-4-3-5-8(2)6-7/h2*3-8H,1-2H3;2*3-6H,1-2H3. The van der Waals surface area contributed by atoms with Crippen LogP contribution in [0.15, 0.2) is 121 Å². The summed E-state index contributed by atoms with van der Waals surface area (Å²) < 4.78 is 0. The van der Waals surface area contributed by atoms with Crippen molar-refractivity contribution < 1.29 is 0 Å². The van der Waals surface area contributed by atoms with Gasteiger partial charge >= 0.3 is 0 Å². The van der Waals surface area contributed by atoms with Crippen LogP contribution in [0.3, 0.4) is 0 Å². The van der Waals surface area contributed by atoms with Crippen LogP contribution >= 0.6 is 0 Å². The van der Waals surface area contributed by atoms with Crippen molar-refractivity contribution in [2.45, 2.75) is 55.4 Å². The topological polar surface area (TPSA) is 0 Å². The van der Waals surface area contributed by atoms with E-state index in [1.54, 1.807) is 0 Å². The molecule has 0 nitrogen and oxygen atoms in total. The highest BCUT2D eigenvalue weighted by Gasteiger charge is 1.97. The molecule has 0 aromatic heterocycles. The van der Waals surface area contributed by atoms with Crippen molar-refractivity contribution in [3.05, 3.63) is 166 Å². The van der Waals surface area contributed by atoms with E-state index in [2.05, 4.69) is 177 Å². The van der Waals surface area contributed by atoms with E-state index >= 15 is 0 Å². The third-order valence-corrected chi connectivity index (χ3v) is 6.90.